The van der Waals surface area contributed by atoms with Crippen LogP contribution in [0.15, 0.2) is 52.2 Å². The number of rotatable bonds is 9. The van der Waals surface area contributed by atoms with E-state index in [4.69, 9.17) is 32.0 Å². The number of nitrogens with zero attached hydrogens (tertiary/aromatic N) is 4. The summed E-state index contributed by atoms with van der Waals surface area (Å²) in [5.41, 5.74) is 11.1. The Morgan fingerprint density at radius 1 is 1.27 bits per heavy atom. The minimum atomic E-state index is -0.870. The zero-order valence-corrected chi connectivity index (χ0v) is 22.2. The van der Waals surface area contributed by atoms with Crippen molar-refractivity contribution in [3.63, 3.8) is 0 Å². The summed E-state index contributed by atoms with van der Waals surface area (Å²) in [6, 6.07) is 2.45. The summed E-state index contributed by atoms with van der Waals surface area (Å²) in [6.07, 6.45) is 4.44. The van der Waals surface area contributed by atoms with Crippen molar-refractivity contribution in [3.8, 4) is 0 Å². The van der Waals surface area contributed by atoms with E-state index < -0.39 is 11.6 Å². The number of hydrogen-bond acceptors (Lipinski definition) is 8. The lowest BCUT2D eigenvalue weighted by Gasteiger charge is -2.23. The molecule has 0 unspecified atom stereocenters. The van der Waals surface area contributed by atoms with Crippen LogP contribution in [0.2, 0.25) is 0 Å². The molecule has 0 aromatic carbocycles. The molecule has 202 valence electrons. The van der Waals surface area contributed by atoms with Gasteiger partial charge < -0.3 is 25.9 Å². The molecule has 13 heteroatoms. The SMILES string of the molecule is CC.CN/N=C(\N)c1cc(N(C)/C(C)=C\C(OCc2ncc(F)cc2F)=C(\Cl)C=O)c(C)cn1.O=CO. The molecular formula is C24H31ClF2N6O4. The first-order chi connectivity index (χ1) is 17.6. The molecule has 0 bridgehead atoms. The van der Waals surface area contributed by atoms with Crippen LogP contribution in [-0.4, -0.2) is 47.8 Å². The van der Waals surface area contributed by atoms with E-state index in [9.17, 15) is 13.6 Å². The molecule has 0 atom stereocenters. The molecule has 0 aliphatic carbocycles. The van der Waals surface area contributed by atoms with Crippen LogP contribution >= 0.6 is 11.6 Å². The third-order valence-electron chi connectivity index (χ3n) is 4.39. The molecule has 2 aromatic heterocycles. The van der Waals surface area contributed by atoms with Crippen molar-refractivity contribution in [3.05, 3.63) is 75.7 Å². The molecule has 0 amide bonds. The van der Waals surface area contributed by atoms with Gasteiger partial charge in [-0.05, 0) is 25.5 Å². The van der Waals surface area contributed by atoms with Gasteiger partial charge in [-0.25, -0.2) is 8.78 Å². The molecule has 2 rings (SSSR count). The van der Waals surface area contributed by atoms with E-state index in [1.54, 1.807) is 33.3 Å². The van der Waals surface area contributed by atoms with Crippen LogP contribution in [-0.2, 0) is 20.9 Å². The average Bonchev–Trinajstić information content (AvgIpc) is 2.88. The lowest BCUT2D eigenvalue weighted by molar-refractivity contribution is -0.122. The van der Waals surface area contributed by atoms with Crippen molar-refractivity contribution in [2.45, 2.75) is 34.3 Å². The molecule has 0 radical (unpaired) electrons. The Kier molecular flexibility index (Phi) is 15.5. The topological polar surface area (TPSA) is 143 Å². The highest BCUT2D eigenvalue weighted by Crippen LogP contribution is 2.24. The van der Waals surface area contributed by atoms with Gasteiger partial charge in [0.25, 0.3) is 6.47 Å². The molecule has 2 heterocycles. The highest BCUT2D eigenvalue weighted by molar-refractivity contribution is 6.39. The monoisotopic (exact) mass is 540 g/mol. The lowest BCUT2D eigenvalue weighted by Crippen LogP contribution is -2.21. The first-order valence-corrected chi connectivity index (χ1v) is 11.2. The number of carbonyl (C=O) groups excluding carboxylic acids is 1. The van der Waals surface area contributed by atoms with E-state index in [1.165, 1.54) is 6.08 Å². The third kappa shape index (κ3) is 10.6. The highest BCUT2D eigenvalue weighted by atomic mass is 35.5. The van der Waals surface area contributed by atoms with Gasteiger partial charge in [0.2, 0.25) is 0 Å². The Morgan fingerprint density at radius 3 is 2.43 bits per heavy atom. The molecular weight excluding hydrogens is 510 g/mol. The summed E-state index contributed by atoms with van der Waals surface area (Å²) >= 11 is 5.99. The largest absolute Gasteiger partial charge is 0.485 e. The predicted molar refractivity (Wildman–Crippen MR) is 139 cm³/mol. The molecule has 0 saturated carbocycles. The van der Waals surface area contributed by atoms with Crippen LogP contribution in [0.4, 0.5) is 14.5 Å². The van der Waals surface area contributed by atoms with Gasteiger partial charge in [0, 0.05) is 43.8 Å². The Bertz CT molecular complexity index is 1140. The third-order valence-corrected chi connectivity index (χ3v) is 4.66. The maximum atomic E-state index is 13.8. The number of aromatic nitrogens is 2. The van der Waals surface area contributed by atoms with Gasteiger partial charge in [-0.2, -0.15) is 5.10 Å². The normalized spacial score (nSPS) is 11.6. The lowest BCUT2D eigenvalue weighted by atomic mass is 10.2. The zero-order valence-electron chi connectivity index (χ0n) is 21.4. The highest BCUT2D eigenvalue weighted by Gasteiger charge is 2.14. The predicted octanol–water partition coefficient (Wildman–Crippen LogP) is 3.84. The average molecular weight is 541 g/mol. The molecule has 0 aliphatic heterocycles. The van der Waals surface area contributed by atoms with Crippen molar-refractivity contribution < 1.29 is 28.2 Å². The fourth-order valence-corrected chi connectivity index (χ4v) is 2.71. The summed E-state index contributed by atoms with van der Waals surface area (Å²) in [4.78, 5) is 29.3. The van der Waals surface area contributed by atoms with Crippen LogP contribution in [0, 0.1) is 18.6 Å². The van der Waals surface area contributed by atoms with Crippen molar-refractivity contribution in [1.82, 2.24) is 15.4 Å². The van der Waals surface area contributed by atoms with E-state index in [0.717, 1.165) is 17.4 Å². The van der Waals surface area contributed by atoms with E-state index in [1.807, 2.05) is 25.7 Å². The van der Waals surface area contributed by atoms with Crippen molar-refractivity contribution >= 4 is 35.9 Å². The van der Waals surface area contributed by atoms with E-state index in [2.05, 4.69) is 20.5 Å². The first-order valence-electron chi connectivity index (χ1n) is 10.8. The van der Waals surface area contributed by atoms with Crippen LogP contribution in [0.5, 0.6) is 0 Å². The van der Waals surface area contributed by atoms with Gasteiger partial charge in [0.1, 0.15) is 34.6 Å². The van der Waals surface area contributed by atoms with Gasteiger partial charge >= 0.3 is 0 Å². The van der Waals surface area contributed by atoms with Crippen LogP contribution < -0.4 is 16.1 Å². The number of nitrogens with two attached hydrogens (primary N) is 1. The van der Waals surface area contributed by atoms with Crippen molar-refractivity contribution in [1.29, 1.82) is 0 Å². The molecule has 0 saturated heterocycles. The summed E-state index contributed by atoms with van der Waals surface area (Å²) in [5, 5.41) is 10.6. The molecule has 0 spiro atoms. The summed E-state index contributed by atoms with van der Waals surface area (Å²) in [6.45, 7) is 7.03. The van der Waals surface area contributed by atoms with Gasteiger partial charge in [-0.1, -0.05) is 25.4 Å². The smallest absolute Gasteiger partial charge is 0.290 e. The molecule has 10 nitrogen and oxygen atoms in total. The number of hydrazone groups is 1. The Labute approximate surface area is 219 Å². The fraction of sp³-hybridized carbons (Fsp3) is 0.292. The minimum Gasteiger partial charge on any atom is -0.485 e. The summed E-state index contributed by atoms with van der Waals surface area (Å²) in [7, 11) is 3.41. The second kappa shape index (κ2) is 17.4. The number of nitrogens with one attached hydrogen (secondary N) is 1. The van der Waals surface area contributed by atoms with Crippen LogP contribution in [0.1, 0.15) is 37.7 Å². The van der Waals surface area contributed by atoms with Crippen LogP contribution in [0.3, 0.4) is 0 Å². The molecule has 37 heavy (non-hydrogen) atoms. The second-order valence-corrected chi connectivity index (χ2v) is 7.13. The fourth-order valence-electron chi connectivity index (χ4n) is 2.60. The van der Waals surface area contributed by atoms with Gasteiger partial charge in [-0.3, -0.25) is 19.6 Å². The molecule has 0 aliphatic rings. The number of ether oxygens (including phenoxy) is 1. The maximum absolute atomic E-state index is 13.8. The van der Waals surface area contributed by atoms with Crippen molar-refractivity contribution in [2.75, 3.05) is 19.0 Å². The Morgan fingerprint density at radius 2 is 1.89 bits per heavy atom. The minimum absolute atomic E-state index is 0.000247. The number of aryl methyl sites for hydroxylation is 1. The number of pyridine rings is 2. The Balaban J connectivity index is 0.00000241. The number of halogens is 3. The number of amidine groups is 1. The number of allylic oxidation sites excluding steroid dienone is 3. The maximum Gasteiger partial charge on any atom is 0.290 e. The number of aldehydes is 1. The van der Waals surface area contributed by atoms with Gasteiger partial charge in [0.15, 0.2) is 17.9 Å². The number of carbonyl (C=O) groups is 2. The number of hydrogen-bond donors (Lipinski definition) is 3. The molecule has 2 aromatic rings. The standard InChI is InChI=1S/C21H23ClF2N6O2.C2H6.CH2O2/c1-12-8-27-17(21(25)29-26-3)7-19(12)30(4)13(2)5-20(15(22)10-31)32-11-18-16(24)6-14(23)9-28-18;1-2;2-1-3/h5-10,26H,11H2,1-4H3,(H2,25,29);1-2H3;1H,(H,2,3)/b13-5-,20-15-;;. The first kappa shape index (κ1) is 32.9. The number of anilines is 1. The number of carboxylic acid groups (broad SMARTS) is 1. The van der Waals surface area contributed by atoms with E-state index >= 15 is 0 Å². The second-order valence-electron chi connectivity index (χ2n) is 6.73. The van der Waals surface area contributed by atoms with Crippen molar-refractivity contribution in [2.24, 2.45) is 10.8 Å². The molecule has 4 N–H and O–H groups in total. The molecule has 0 fully saturated rings. The van der Waals surface area contributed by atoms with E-state index in [-0.39, 0.29) is 35.4 Å². The summed E-state index contributed by atoms with van der Waals surface area (Å²) < 4.78 is 32.4. The van der Waals surface area contributed by atoms with Gasteiger partial charge in [0.05, 0.1) is 6.20 Å². The van der Waals surface area contributed by atoms with Crippen LogP contribution in [0.25, 0.3) is 0 Å². The van der Waals surface area contributed by atoms with E-state index in [0.29, 0.717) is 23.7 Å². The summed E-state index contributed by atoms with van der Waals surface area (Å²) in [5.74, 6) is -1.46. The quantitative estimate of drug-likeness (QED) is 0.0821. The van der Waals surface area contributed by atoms with Gasteiger partial charge in [-0.15, -0.1) is 0 Å². The Hall–Kier alpha value is -4.06. The zero-order chi connectivity index (χ0) is 28.5.